The van der Waals surface area contributed by atoms with Crippen LogP contribution in [0.25, 0.3) is 5.65 Å². The van der Waals surface area contributed by atoms with Gasteiger partial charge in [-0.25, -0.2) is 9.97 Å². The number of alkyl halides is 3. The van der Waals surface area contributed by atoms with E-state index in [1.54, 1.807) is 6.07 Å². The van der Waals surface area contributed by atoms with Crippen LogP contribution in [-0.2, 0) is 10.9 Å². The quantitative estimate of drug-likeness (QED) is 0.604. The van der Waals surface area contributed by atoms with Gasteiger partial charge >= 0.3 is 6.18 Å². The molecule has 3 aromatic rings. The third-order valence-electron chi connectivity index (χ3n) is 5.91. The summed E-state index contributed by atoms with van der Waals surface area (Å²) in [7, 11) is 0. The third kappa shape index (κ3) is 4.06. The van der Waals surface area contributed by atoms with E-state index in [4.69, 9.17) is 4.74 Å². The molecule has 2 saturated heterocycles. The highest BCUT2D eigenvalue weighted by molar-refractivity contribution is 5.49. The molecule has 5 heterocycles. The molecule has 32 heavy (non-hydrogen) atoms. The van der Waals surface area contributed by atoms with Crippen molar-refractivity contribution in [2.45, 2.75) is 31.9 Å². The number of aromatic nitrogens is 6. The van der Waals surface area contributed by atoms with Crippen LogP contribution in [0.5, 0.6) is 0 Å². The zero-order chi connectivity index (χ0) is 22.3. The van der Waals surface area contributed by atoms with Crippen LogP contribution in [-0.4, -0.2) is 69.2 Å². The van der Waals surface area contributed by atoms with Gasteiger partial charge in [-0.1, -0.05) is 0 Å². The standard InChI is InChI=1S/C20H23F3N8O/c1-13-24-15(14-4-10-32-11-5-14)12-18(25-13)30-8-6-29(7-9-30)17-3-2-16-26-27-19(20(21,22)23)31(16)28-17/h2-3,12,14H,4-11H2,1H3. The van der Waals surface area contributed by atoms with Crippen LogP contribution in [0.2, 0.25) is 0 Å². The second kappa shape index (κ2) is 8.15. The van der Waals surface area contributed by atoms with Crippen LogP contribution >= 0.6 is 0 Å². The SMILES string of the molecule is Cc1nc(C2CCOCC2)cc(N2CCN(c3ccc4nnc(C(F)(F)F)n4n3)CC2)n1. The molecule has 0 aliphatic carbocycles. The van der Waals surface area contributed by atoms with E-state index in [1.165, 1.54) is 6.07 Å². The summed E-state index contributed by atoms with van der Waals surface area (Å²) in [4.78, 5) is 13.4. The van der Waals surface area contributed by atoms with Gasteiger partial charge in [0.05, 0.1) is 0 Å². The van der Waals surface area contributed by atoms with Crippen molar-refractivity contribution in [3.8, 4) is 0 Å². The van der Waals surface area contributed by atoms with Crippen molar-refractivity contribution in [3.63, 3.8) is 0 Å². The molecule has 9 nitrogen and oxygen atoms in total. The van der Waals surface area contributed by atoms with Gasteiger partial charge in [-0.2, -0.15) is 17.7 Å². The van der Waals surface area contributed by atoms with Gasteiger partial charge in [-0.15, -0.1) is 15.3 Å². The second-order valence-corrected chi connectivity index (χ2v) is 8.04. The van der Waals surface area contributed by atoms with E-state index in [0.717, 1.165) is 47.9 Å². The van der Waals surface area contributed by atoms with Crippen molar-refractivity contribution in [2.24, 2.45) is 0 Å². The molecule has 0 bridgehead atoms. The van der Waals surface area contributed by atoms with Crippen LogP contribution in [0.15, 0.2) is 18.2 Å². The molecule has 12 heteroatoms. The average molecular weight is 448 g/mol. The summed E-state index contributed by atoms with van der Waals surface area (Å²) in [6.45, 7) is 5.98. The van der Waals surface area contributed by atoms with Gasteiger partial charge in [-0.3, -0.25) is 0 Å². The fourth-order valence-electron chi connectivity index (χ4n) is 4.23. The molecule has 0 unspecified atom stereocenters. The lowest BCUT2D eigenvalue weighted by Crippen LogP contribution is -2.47. The molecule has 2 aliphatic rings. The van der Waals surface area contributed by atoms with Crippen LogP contribution in [0.4, 0.5) is 24.8 Å². The number of rotatable bonds is 3. The summed E-state index contributed by atoms with van der Waals surface area (Å²) in [5.74, 6) is 1.35. The first-order valence-corrected chi connectivity index (χ1v) is 10.6. The van der Waals surface area contributed by atoms with Gasteiger partial charge in [0.2, 0.25) is 0 Å². The Kier molecular flexibility index (Phi) is 5.31. The third-order valence-corrected chi connectivity index (χ3v) is 5.91. The molecule has 5 rings (SSSR count). The van der Waals surface area contributed by atoms with Crippen molar-refractivity contribution in [1.82, 2.24) is 29.8 Å². The van der Waals surface area contributed by atoms with E-state index in [-0.39, 0.29) is 5.65 Å². The molecule has 2 fully saturated rings. The molecular formula is C20H23F3N8O. The number of nitrogens with zero attached hydrogens (tertiary/aromatic N) is 8. The number of fused-ring (bicyclic) bond motifs is 1. The Morgan fingerprint density at radius 2 is 1.62 bits per heavy atom. The lowest BCUT2D eigenvalue weighted by atomic mass is 9.96. The van der Waals surface area contributed by atoms with E-state index in [1.807, 2.05) is 11.8 Å². The monoisotopic (exact) mass is 448 g/mol. The minimum Gasteiger partial charge on any atom is -0.381 e. The number of hydrogen-bond acceptors (Lipinski definition) is 8. The highest BCUT2D eigenvalue weighted by atomic mass is 19.4. The molecule has 0 atom stereocenters. The fourth-order valence-corrected chi connectivity index (χ4v) is 4.23. The van der Waals surface area contributed by atoms with E-state index < -0.39 is 12.0 Å². The van der Waals surface area contributed by atoms with Crippen molar-refractivity contribution in [1.29, 1.82) is 0 Å². The first-order valence-electron chi connectivity index (χ1n) is 10.6. The maximum Gasteiger partial charge on any atom is 0.453 e. The Balaban J connectivity index is 1.32. The van der Waals surface area contributed by atoms with Gasteiger partial charge in [0, 0.05) is 57.1 Å². The zero-order valence-electron chi connectivity index (χ0n) is 17.6. The van der Waals surface area contributed by atoms with Crippen LogP contribution in [0.1, 0.15) is 36.1 Å². The minimum atomic E-state index is -4.61. The Bertz CT molecular complexity index is 1100. The summed E-state index contributed by atoms with van der Waals surface area (Å²) in [5, 5.41) is 10.9. The summed E-state index contributed by atoms with van der Waals surface area (Å²) in [6, 6.07) is 5.25. The number of piperazine rings is 1. The summed E-state index contributed by atoms with van der Waals surface area (Å²) < 4.78 is 45.7. The zero-order valence-corrected chi connectivity index (χ0v) is 17.6. The van der Waals surface area contributed by atoms with Crippen LogP contribution in [0.3, 0.4) is 0 Å². The molecular weight excluding hydrogens is 425 g/mol. The molecule has 0 aromatic carbocycles. The number of anilines is 2. The Morgan fingerprint density at radius 1 is 0.938 bits per heavy atom. The molecule has 170 valence electrons. The van der Waals surface area contributed by atoms with Crippen molar-refractivity contribution in [3.05, 3.63) is 35.5 Å². The van der Waals surface area contributed by atoms with Gasteiger partial charge < -0.3 is 14.5 Å². The van der Waals surface area contributed by atoms with Crippen LogP contribution < -0.4 is 9.80 Å². The van der Waals surface area contributed by atoms with E-state index in [2.05, 4.69) is 36.2 Å². The Hall–Kier alpha value is -3.02. The molecule has 2 aliphatic heterocycles. The second-order valence-electron chi connectivity index (χ2n) is 8.04. The van der Waals surface area contributed by atoms with Crippen molar-refractivity contribution >= 4 is 17.3 Å². The lowest BCUT2D eigenvalue weighted by Gasteiger charge is -2.36. The van der Waals surface area contributed by atoms with Gasteiger partial charge in [-0.05, 0) is 31.9 Å². The smallest absolute Gasteiger partial charge is 0.381 e. The summed E-state index contributed by atoms with van der Waals surface area (Å²) >= 11 is 0. The number of aryl methyl sites for hydroxylation is 1. The van der Waals surface area contributed by atoms with Crippen molar-refractivity contribution < 1.29 is 17.9 Å². The maximum absolute atomic E-state index is 13.2. The number of ether oxygens (including phenoxy) is 1. The average Bonchev–Trinajstić information content (AvgIpc) is 3.23. The minimum absolute atomic E-state index is 0.0665. The van der Waals surface area contributed by atoms with E-state index >= 15 is 0 Å². The topological polar surface area (TPSA) is 84.6 Å². The lowest BCUT2D eigenvalue weighted by molar-refractivity contribution is -0.146. The molecule has 3 aromatic heterocycles. The van der Waals surface area contributed by atoms with Gasteiger partial charge in [0.25, 0.3) is 5.82 Å². The van der Waals surface area contributed by atoms with Gasteiger partial charge in [0.15, 0.2) is 5.65 Å². The summed E-state index contributed by atoms with van der Waals surface area (Å²) in [6.07, 6.45) is -2.70. The highest BCUT2D eigenvalue weighted by Crippen LogP contribution is 2.29. The van der Waals surface area contributed by atoms with Crippen molar-refractivity contribution in [2.75, 3.05) is 49.2 Å². The van der Waals surface area contributed by atoms with E-state index in [9.17, 15) is 13.2 Å². The highest BCUT2D eigenvalue weighted by Gasteiger charge is 2.38. The molecule has 0 amide bonds. The molecule has 0 radical (unpaired) electrons. The van der Waals surface area contributed by atoms with E-state index in [0.29, 0.717) is 37.9 Å². The predicted octanol–water partition coefficient (Wildman–Crippen LogP) is 2.46. The van der Waals surface area contributed by atoms with Crippen LogP contribution in [0, 0.1) is 6.92 Å². The predicted molar refractivity (Wildman–Crippen MR) is 110 cm³/mol. The first-order chi connectivity index (χ1) is 15.4. The molecule has 0 spiro atoms. The molecule has 0 saturated carbocycles. The first kappa shape index (κ1) is 20.9. The fraction of sp³-hybridized carbons (Fsp3) is 0.550. The molecule has 0 N–H and O–H groups in total. The summed E-state index contributed by atoms with van der Waals surface area (Å²) in [5.41, 5.74) is 1.12. The Morgan fingerprint density at radius 3 is 2.31 bits per heavy atom. The Labute approximate surface area is 182 Å². The number of hydrogen-bond donors (Lipinski definition) is 0. The maximum atomic E-state index is 13.2. The van der Waals surface area contributed by atoms with Gasteiger partial charge in [0.1, 0.15) is 17.5 Å². The normalized spacial score (nSPS) is 18.5. The largest absolute Gasteiger partial charge is 0.453 e. The number of halogens is 3.